The molecule has 1 heterocycles. The summed E-state index contributed by atoms with van der Waals surface area (Å²) < 4.78 is 95.3. The molecule has 8 nitrogen and oxygen atoms in total. The summed E-state index contributed by atoms with van der Waals surface area (Å²) in [5.74, 6) is -1.03. The average molecular weight is 725 g/mol. The molecule has 3 fully saturated rings. The fourth-order valence-corrected chi connectivity index (χ4v) is 8.17. The van der Waals surface area contributed by atoms with Crippen LogP contribution in [0.4, 0.5) is 27.6 Å². The summed E-state index contributed by atoms with van der Waals surface area (Å²) >= 11 is 0. The molecule has 1 N–H and O–H groups in total. The van der Waals surface area contributed by atoms with Crippen LogP contribution in [0.15, 0.2) is 53.4 Å². The molecule has 0 aromatic heterocycles. The molecule has 1 saturated heterocycles. The molecule has 0 radical (unpaired) electrons. The Bertz CT molecular complexity index is 1570. The van der Waals surface area contributed by atoms with E-state index in [4.69, 9.17) is 4.74 Å². The predicted octanol–water partition coefficient (Wildman–Crippen LogP) is 7.13. The second-order valence-electron chi connectivity index (χ2n) is 13.9. The highest BCUT2D eigenvalue weighted by Gasteiger charge is 2.43. The molecule has 5 rings (SSSR count). The van der Waals surface area contributed by atoms with Crippen molar-refractivity contribution in [3.8, 4) is 6.07 Å². The first-order valence-electron chi connectivity index (χ1n) is 17.3. The van der Waals surface area contributed by atoms with Crippen LogP contribution in [0, 0.1) is 29.1 Å². The van der Waals surface area contributed by atoms with Crippen molar-refractivity contribution in [1.29, 1.82) is 5.26 Å². The maximum absolute atomic E-state index is 13.3. The maximum Gasteiger partial charge on any atom is 0.391 e. The fraction of sp³-hybridized carbons (Fsp3) is 0.611. The van der Waals surface area contributed by atoms with Crippen LogP contribution in [0.3, 0.4) is 0 Å². The highest BCUT2D eigenvalue weighted by Crippen LogP contribution is 2.41. The van der Waals surface area contributed by atoms with Gasteiger partial charge >= 0.3 is 12.8 Å². The summed E-state index contributed by atoms with van der Waals surface area (Å²) in [4.78, 5) is 17.8. The molecule has 2 aromatic carbocycles. The van der Waals surface area contributed by atoms with Gasteiger partial charge in [-0.1, -0.05) is 19.1 Å². The molecule has 2 aliphatic carbocycles. The van der Waals surface area contributed by atoms with Crippen molar-refractivity contribution in [2.24, 2.45) is 17.8 Å². The molecule has 2 saturated carbocycles. The lowest BCUT2D eigenvalue weighted by atomic mass is 9.81. The number of rotatable bonds is 15. The molecule has 1 aliphatic heterocycles. The molecule has 1 unspecified atom stereocenters. The zero-order chi connectivity index (χ0) is 36.1. The number of nitrogens with zero attached hydrogens (tertiary/aromatic N) is 3. The summed E-state index contributed by atoms with van der Waals surface area (Å²) in [5.41, 5.74) is 1.63. The number of carbonyl (C=O) groups excluding carboxylic acids is 1. The largest absolute Gasteiger partial charge is 0.391 e. The normalized spacial score (nSPS) is 23.6. The van der Waals surface area contributed by atoms with Crippen molar-refractivity contribution in [1.82, 2.24) is 10.2 Å². The lowest BCUT2D eigenvalue weighted by Crippen LogP contribution is -2.43. The van der Waals surface area contributed by atoms with Crippen LogP contribution in [0.1, 0.15) is 80.3 Å². The first-order chi connectivity index (χ1) is 23.8. The molecular weight excluding hydrogens is 679 g/mol. The molecule has 50 heavy (non-hydrogen) atoms. The number of sulfone groups is 1. The zero-order valence-electron chi connectivity index (χ0n) is 28.1. The van der Waals surface area contributed by atoms with Gasteiger partial charge in [0.1, 0.15) is 0 Å². The second kappa shape index (κ2) is 16.4. The highest BCUT2D eigenvalue weighted by atomic mass is 32.2. The van der Waals surface area contributed by atoms with Crippen molar-refractivity contribution in [2.45, 2.75) is 94.1 Å². The van der Waals surface area contributed by atoms with E-state index in [0.717, 1.165) is 25.1 Å². The number of nitrogens with one attached hydrogen (secondary N) is 1. The summed E-state index contributed by atoms with van der Waals surface area (Å²) in [6, 6.07) is 13.9. The van der Waals surface area contributed by atoms with E-state index in [1.54, 1.807) is 43.3 Å². The maximum atomic E-state index is 13.3. The number of nitriles is 1. The molecule has 3 aliphatic rings. The van der Waals surface area contributed by atoms with E-state index in [1.165, 1.54) is 12.1 Å². The van der Waals surface area contributed by atoms with Gasteiger partial charge in [-0.2, -0.15) is 27.2 Å². The van der Waals surface area contributed by atoms with Gasteiger partial charge in [-0.15, -0.1) is 0 Å². The lowest BCUT2D eigenvalue weighted by Gasteiger charge is -2.36. The van der Waals surface area contributed by atoms with Gasteiger partial charge in [0.25, 0.3) is 5.91 Å². The van der Waals surface area contributed by atoms with Gasteiger partial charge in [-0.05, 0) is 98.7 Å². The van der Waals surface area contributed by atoms with Gasteiger partial charge < -0.3 is 15.0 Å². The fourth-order valence-electron chi connectivity index (χ4n) is 7.29. The minimum atomic E-state index is -4.16. The van der Waals surface area contributed by atoms with Crippen molar-refractivity contribution < 1.29 is 39.9 Å². The van der Waals surface area contributed by atoms with E-state index in [1.807, 2.05) is 4.90 Å². The number of amides is 1. The van der Waals surface area contributed by atoms with E-state index in [9.17, 15) is 40.4 Å². The highest BCUT2D eigenvalue weighted by molar-refractivity contribution is 7.91. The molecule has 274 valence electrons. The number of hydrogen-bond acceptors (Lipinski definition) is 7. The van der Waals surface area contributed by atoms with E-state index < -0.39 is 40.5 Å². The molecule has 1 amide bonds. The minimum absolute atomic E-state index is 0.00984. The monoisotopic (exact) mass is 724 g/mol. The van der Waals surface area contributed by atoms with Crippen molar-refractivity contribution in [2.75, 3.05) is 36.9 Å². The number of ether oxygens (including phenoxy) is 1. The Morgan fingerprint density at radius 1 is 1.00 bits per heavy atom. The van der Waals surface area contributed by atoms with E-state index in [-0.39, 0.29) is 54.5 Å². The van der Waals surface area contributed by atoms with Crippen LogP contribution < -0.4 is 10.2 Å². The number of hydrogen-bond donors (Lipinski definition) is 1. The average Bonchev–Trinajstić information content (AvgIpc) is 3.81. The Hall–Kier alpha value is -3.28. The summed E-state index contributed by atoms with van der Waals surface area (Å²) in [5, 5.41) is 12.3. The third kappa shape index (κ3) is 9.94. The Kier molecular flexibility index (Phi) is 12.4. The Morgan fingerprint density at radius 2 is 1.60 bits per heavy atom. The SMILES string of the molecule is CCS(=O)(=O)c1ccc([C@H](CC#N)NC(=O)c2ccc(N3CC(N(CC4CC4)C[C@H]4CC[C@H](C(F)(F)F)CC4)C[C@H]3COC(F)F)cc2)cc1. The molecule has 14 heteroatoms. The number of halogens is 5. The minimum Gasteiger partial charge on any atom is -0.365 e. The second-order valence-corrected chi connectivity index (χ2v) is 16.1. The van der Waals surface area contributed by atoms with Gasteiger partial charge in [0, 0.05) is 36.9 Å². The Labute approximate surface area is 290 Å². The predicted molar refractivity (Wildman–Crippen MR) is 178 cm³/mol. The number of anilines is 1. The van der Waals surface area contributed by atoms with Crippen LogP contribution in [-0.4, -0.2) is 76.1 Å². The van der Waals surface area contributed by atoms with Crippen molar-refractivity contribution in [3.63, 3.8) is 0 Å². The van der Waals surface area contributed by atoms with Gasteiger partial charge in [-0.3, -0.25) is 9.69 Å². The van der Waals surface area contributed by atoms with Crippen molar-refractivity contribution in [3.05, 3.63) is 59.7 Å². The van der Waals surface area contributed by atoms with Crippen LogP contribution >= 0.6 is 0 Å². The zero-order valence-corrected chi connectivity index (χ0v) is 28.9. The summed E-state index contributed by atoms with van der Waals surface area (Å²) in [6.45, 7) is 0.472. The molecule has 2 aromatic rings. The van der Waals surface area contributed by atoms with Crippen LogP contribution in [0.2, 0.25) is 0 Å². The van der Waals surface area contributed by atoms with Gasteiger partial charge in [-0.25, -0.2) is 8.42 Å². The lowest BCUT2D eigenvalue weighted by molar-refractivity contribution is -0.184. The first kappa shape index (κ1) is 38.0. The van der Waals surface area contributed by atoms with Crippen molar-refractivity contribution >= 4 is 21.4 Å². The number of alkyl halides is 5. The van der Waals surface area contributed by atoms with E-state index in [2.05, 4.69) is 16.3 Å². The van der Waals surface area contributed by atoms with Crippen LogP contribution in [-0.2, 0) is 14.6 Å². The molecule has 3 atom stereocenters. The molecule has 0 spiro atoms. The van der Waals surface area contributed by atoms with Gasteiger partial charge in [0.2, 0.25) is 0 Å². The Balaban J connectivity index is 1.27. The topological polar surface area (TPSA) is 103 Å². The standard InChI is InChI=1S/C36H45F5N4O4S/c1-2-50(47,48)32-15-9-26(10-16-32)33(17-18-42)43-34(46)27-7-13-29(14-8-27)45-22-30(19-31(45)23-49-35(37)38)44(20-24-3-4-24)21-25-5-11-28(12-6-25)36(39,40)41/h7-10,13-16,24-25,28,30-31,33,35H,2-6,11-12,17,19-23H2,1H3,(H,43,46)/t25-,28-,30?,31-,33-/m0/s1. The molecule has 0 bridgehead atoms. The quantitative estimate of drug-likeness (QED) is 0.195. The van der Waals surface area contributed by atoms with Crippen LogP contribution in [0.25, 0.3) is 0 Å². The van der Waals surface area contributed by atoms with E-state index >= 15 is 0 Å². The summed E-state index contributed by atoms with van der Waals surface area (Å²) in [7, 11) is -3.40. The van der Waals surface area contributed by atoms with Gasteiger partial charge in [0.15, 0.2) is 9.84 Å². The Morgan fingerprint density at radius 3 is 2.12 bits per heavy atom. The van der Waals surface area contributed by atoms with Crippen LogP contribution in [0.5, 0.6) is 0 Å². The summed E-state index contributed by atoms with van der Waals surface area (Å²) in [6.07, 6.45) is -0.105. The van der Waals surface area contributed by atoms with Gasteiger partial charge in [0.05, 0.1) is 47.7 Å². The number of benzene rings is 2. The van der Waals surface area contributed by atoms with E-state index in [0.29, 0.717) is 49.4 Å². The molecular formula is C36H45F5N4O4S. The number of carbonyl (C=O) groups is 1. The smallest absolute Gasteiger partial charge is 0.365 e. The first-order valence-corrected chi connectivity index (χ1v) is 19.0. The third-order valence-electron chi connectivity index (χ3n) is 10.4. The third-order valence-corrected chi connectivity index (χ3v) is 12.1.